The van der Waals surface area contributed by atoms with Crippen molar-refractivity contribution in [2.45, 2.75) is 59.8 Å². The smallest absolute Gasteiger partial charge is 0.0190 e. The first kappa shape index (κ1) is 14.2. The van der Waals surface area contributed by atoms with Crippen LogP contribution in [0.5, 0.6) is 0 Å². The normalized spacial score (nSPS) is 11.5. The van der Waals surface area contributed by atoms with Gasteiger partial charge in [-0.15, -0.1) is 0 Å². The average Bonchev–Trinajstić information content (AvgIpc) is 2.32. The fraction of sp³-hybridized carbons (Fsp3) is 0.600. The minimum atomic E-state index is 0.711. The molecule has 0 fully saturated rings. The molecular formula is C15H26. The highest BCUT2D eigenvalue weighted by atomic mass is 14.1. The largest absolute Gasteiger partial charge is 0.0683 e. The Morgan fingerprint density at radius 3 is 2.20 bits per heavy atom. The van der Waals surface area contributed by atoms with Gasteiger partial charge in [0.25, 0.3) is 0 Å². The van der Waals surface area contributed by atoms with Crippen molar-refractivity contribution in [3.05, 3.63) is 35.4 Å². The van der Waals surface area contributed by atoms with Gasteiger partial charge in [-0.25, -0.2) is 0 Å². The Bertz CT molecular complexity index is 250. The maximum absolute atomic E-state index is 2.31. The summed E-state index contributed by atoms with van der Waals surface area (Å²) in [6.45, 7) is 10.8. The molecule has 0 bridgehead atoms. The summed E-state index contributed by atoms with van der Waals surface area (Å²) in [5.41, 5.74) is 3.09. The van der Waals surface area contributed by atoms with Crippen molar-refractivity contribution in [2.24, 2.45) is 0 Å². The van der Waals surface area contributed by atoms with E-state index < -0.39 is 0 Å². The number of hydrogen-bond donors (Lipinski definition) is 0. The van der Waals surface area contributed by atoms with E-state index >= 15 is 0 Å². The molecule has 0 saturated carbocycles. The van der Waals surface area contributed by atoms with Crippen molar-refractivity contribution in [1.82, 2.24) is 0 Å². The van der Waals surface area contributed by atoms with E-state index in [1.54, 1.807) is 11.1 Å². The van der Waals surface area contributed by atoms with Gasteiger partial charge >= 0.3 is 0 Å². The Kier molecular flexibility index (Phi) is 8.08. The fourth-order valence-electron chi connectivity index (χ4n) is 1.73. The van der Waals surface area contributed by atoms with Gasteiger partial charge in [-0.1, -0.05) is 65.3 Å². The summed E-state index contributed by atoms with van der Waals surface area (Å²) in [5, 5.41) is 0. The highest BCUT2D eigenvalue weighted by Gasteiger charge is 2.06. The van der Waals surface area contributed by atoms with Crippen LogP contribution in [-0.4, -0.2) is 0 Å². The highest BCUT2D eigenvalue weighted by molar-refractivity contribution is 5.30. The molecule has 0 aliphatic rings. The first-order valence-corrected chi connectivity index (χ1v) is 6.37. The molecule has 0 radical (unpaired) electrons. The van der Waals surface area contributed by atoms with E-state index in [4.69, 9.17) is 0 Å². The predicted molar refractivity (Wildman–Crippen MR) is 70.5 cm³/mol. The van der Waals surface area contributed by atoms with Crippen molar-refractivity contribution >= 4 is 0 Å². The first-order chi connectivity index (χ1) is 7.29. The summed E-state index contributed by atoms with van der Waals surface area (Å²) in [5.74, 6) is 0.711. The predicted octanol–water partition coefficient (Wildman–Crippen LogP) is 5.18. The molecule has 0 heterocycles. The van der Waals surface area contributed by atoms with Crippen molar-refractivity contribution in [2.75, 3.05) is 0 Å². The number of rotatable bonds is 4. The Balaban J connectivity index is 0.000000921. The lowest BCUT2D eigenvalue weighted by molar-refractivity contribution is 0.718. The van der Waals surface area contributed by atoms with Gasteiger partial charge in [-0.2, -0.15) is 0 Å². The van der Waals surface area contributed by atoms with Crippen LogP contribution in [0.1, 0.15) is 64.5 Å². The zero-order valence-electron chi connectivity index (χ0n) is 11.0. The molecule has 0 aliphatic carbocycles. The molecule has 0 spiro atoms. The zero-order chi connectivity index (χ0) is 11.7. The maximum Gasteiger partial charge on any atom is -0.0190 e. The van der Waals surface area contributed by atoms with Gasteiger partial charge in [0, 0.05) is 0 Å². The van der Waals surface area contributed by atoms with Crippen molar-refractivity contribution < 1.29 is 0 Å². The van der Waals surface area contributed by atoms with Crippen LogP contribution in [-0.2, 0) is 6.42 Å². The molecule has 15 heavy (non-hydrogen) atoms. The second-order valence-electron chi connectivity index (χ2n) is 3.76. The Morgan fingerprint density at radius 2 is 1.67 bits per heavy atom. The van der Waals surface area contributed by atoms with E-state index in [9.17, 15) is 0 Å². The van der Waals surface area contributed by atoms with Gasteiger partial charge in [0.05, 0.1) is 0 Å². The van der Waals surface area contributed by atoms with Gasteiger partial charge < -0.3 is 0 Å². The third-order valence-corrected chi connectivity index (χ3v) is 2.72. The van der Waals surface area contributed by atoms with E-state index in [1.165, 1.54) is 19.3 Å². The van der Waals surface area contributed by atoms with E-state index in [1.807, 2.05) is 13.8 Å². The fourth-order valence-corrected chi connectivity index (χ4v) is 1.73. The minimum absolute atomic E-state index is 0.711. The molecule has 0 aliphatic heterocycles. The van der Waals surface area contributed by atoms with E-state index in [-0.39, 0.29) is 0 Å². The molecule has 1 aromatic rings. The van der Waals surface area contributed by atoms with Crippen molar-refractivity contribution in [3.8, 4) is 0 Å². The summed E-state index contributed by atoms with van der Waals surface area (Å²) < 4.78 is 0. The van der Waals surface area contributed by atoms with Gasteiger partial charge in [0.15, 0.2) is 0 Å². The molecule has 1 atom stereocenters. The second-order valence-corrected chi connectivity index (χ2v) is 3.76. The topological polar surface area (TPSA) is 0 Å². The van der Waals surface area contributed by atoms with Crippen LogP contribution in [0.4, 0.5) is 0 Å². The molecule has 1 unspecified atom stereocenters. The van der Waals surface area contributed by atoms with Crippen LogP contribution in [0.3, 0.4) is 0 Å². The summed E-state index contributed by atoms with van der Waals surface area (Å²) in [6.07, 6.45) is 3.70. The van der Waals surface area contributed by atoms with Gasteiger partial charge in [-0.05, 0) is 29.9 Å². The van der Waals surface area contributed by atoms with Crippen LogP contribution in [0.25, 0.3) is 0 Å². The molecule has 0 amide bonds. The molecule has 1 aromatic carbocycles. The third kappa shape index (κ3) is 4.51. The highest BCUT2D eigenvalue weighted by Crippen LogP contribution is 2.23. The van der Waals surface area contributed by atoms with E-state index in [0.717, 1.165) is 0 Å². The monoisotopic (exact) mass is 206 g/mol. The lowest BCUT2D eigenvalue weighted by atomic mass is 9.92. The van der Waals surface area contributed by atoms with Crippen LogP contribution in [0.15, 0.2) is 24.3 Å². The van der Waals surface area contributed by atoms with Gasteiger partial charge in [0.2, 0.25) is 0 Å². The molecular weight excluding hydrogens is 180 g/mol. The summed E-state index contributed by atoms with van der Waals surface area (Å²) in [7, 11) is 0. The molecule has 0 saturated heterocycles. The zero-order valence-corrected chi connectivity index (χ0v) is 11.0. The lowest BCUT2D eigenvalue weighted by Crippen LogP contribution is -1.97. The molecule has 0 aromatic heterocycles. The van der Waals surface area contributed by atoms with Crippen molar-refractivity contribution in [1.29, 1.82) is 0 Å². The van der Waals surface area contributed by atoms with E-state index in [2.05, 4.69) is 45.0 Å². The molecule has 0 heteroatoms. The van der Waals surface area contributed by atoms with Crippen LogP contribution >= 0.6 is 0 Å². The van der Waals surface area contributed by atoms with Crippen LogP contribution in [0, 0.1) is 0 Å². The minimum Gasteiger partial charge on any atom is -0.0683 e. The summed E-state index contributed by atoms with van der Waals surface area (Å²) in [6, 6.07) is 8.85. The Morgan fingerprint density at radius 1 is 1.07 bits per heavy atom. The quantitative estimate of drug-likeness (QED) is 0.637. The standard InChI is InChI=1S/C13H20.C2H6/c1-4-8-12-9-6-7-10-13(12)11(3)5-2;1-2/h6-7,9-11H,4-5,8H2,1-3H3;1-2H3. The maximum atomic E-state index is 2.31. The van der Waals surface area contributed by atoms with E-state index in [0.29, 0.717) is 5.92 Å². The van der Waals surface area contributed by atoms with Gasteiger partial charge in [0.1, 0.15) is 0 Å². The van der Waals surface area contributed by atoms with Crippen LogP contribution in [0.2, 0.25) is 0 Å². The average molecular weight is 206 g/mol. The SMILES string of the molecule is CC.CCCc1ccccc1C(C)CC. The van der Waals surface area contributed by atoms with Crippen LogP contribution < -0.4 is 0 Å². The van der Waals surface area contributed by atoms with Gasteiger partial charge in [-0.3, -0.25) is 0 Å². The number of benzene rings is 1. The Labute approximate surface area is 95.7 Å². The molecule has 0 nitrogen and oxygen atoms in total. The number of hydrogen-bond acceptors (Lipinski definition) is 0. The lowest BCUT2D eigenvalue weighted by Gasteiger charge is -2.13. The molecule has 0 N–H and O–H groups in total. The summed E-state index contributed by atoms with van der Waals surface area (Å²) in [4.78, 5) is 0. The third-order valence-electron chi connectivity index (χ3n) is 2.72. The number of aryl methyl sites for hydroxylation is 1. The van der Waals surface area contributed by atoms with Crippen molar-refractivity contribution in [3.63, 3.8) is 0 Å². The Hall–Kier alpha value is -0.780. The second kappa shape index (κ2) is 8.52. The summed E-state index contributed by atoms with van der Waals surface area (Å²) >= 11 is 0. The molecule has 1 rings (SSSR count). The first-order valence-electron chi connectivity index (χ1n) is 6.37. The molecule has 86 valence electrons.